The number of benzene rings is 2. The number of amides is 1. The number of hydrogen-bond donors (Lipinski definition) is 0. The van der Waals surface area contributed by atoms with Crippen molar-refractivity contribution in [2.45, 2.75) is 13.5 Å². The van der Waals surface area contributed by atoms with Crippen LogP contribution in [0.25, 0.3) is 10.9 Å². The van der Waals surface area contributed by atoms with Gasteiger partial charge >= 0.3 is 0 Å². The number of hydrogen-bond acceptors (Lipinski definition) is 5. The monoisotopic (exact) mass is 440 g/mol. The van der Waals surface area contributed by atoms with Crippen molar-refractivity contribution in [3.8, 4) is 5.75 Å². The molecular weight excluding hydrogens is 416 g/mol. The van der Waals surface area contributed by atoms with E-state index in [4.69, 9.17) is 16.3 Å². The second kappa shape index (κ2) is 9.08. The van der Waals surface area contributed by atoms with Gasteiger partial charge in [-0.25, -0.2) is 4.98 Å². The summed E-state index contributed by atoms with van der Waals surface area (Å²) < 4.78 is 7.07. The van der Waals surface area contributed by atoms with Gasteiger partial charge in [0, 0.05) is 49.9 Å². The number of piperazine rings is 1. The predicted molar refractivity (Wildman–Crippen MR) is 121 cm³/mol. The van der Waals surface area contributed by atoms with Crippen LogP contribution in [-0.4, -0.2) is 65.1 Å². The van der Waals surface area contributed by atoms with E-state index in [1.54, 1.807) is 42.0 Å². The molecule has 0 saturated carbocycles. The van der Waals surface area contributed by atoms with E-state index in [9.17, 15) is 9.59 Å². The van der Waals surface area contributed by atoms with Crippen molar-refractivity contribution in [3.05, 3.63) is 69.2 Å². The molecule has 0 bridgehead atoms. The molecule has 2 heterocycles. The number of aryl methyl sites for hydroxylation is 1. The van der Waals surface area contributed by atoms with E-state index >= 15 is 0 Å². The van der Waals surface area contributed by atoms with Gasteiger partial charge in [-0.3, -0.25) is 19.1 Å². The highest BCUT2D eigenvalue weighted by molar-refractivity contribution is 6.30. The molecule has 1 amide bonds. The third-order valence-electron chi connectivity index (χ3n) is 5.75. The van der Waals surface area contributed by atoms with Gasteiger partial charge in [-0.05, 0) is 43.3 Å². The number of carbonyl (C=O) groups excluding carboxylic acids is 1. The Morgan fingerprint density at radius 3 is 2.45 bits per heavy atom. The number of aromatic nitrogens is 2. The Hall–Kier alpha value is -2.90. The standard InChI is InChI=1S/C23H25ClN4O3/c1-16-25-19-4-3-5-20(31-2)21(19)23(30)28(16)15-12-26-10-13-27(14-11-26)22(29)17-6-8-18(24)9-7-17/h3-9H,10-15H2,1-2H3. The molecule has 1 saturated heterocycles. The van der Waals surface area contributed by atoms with Crippen LogP contribution in [0.3, 0.4) is 0 Å². The first-order valence-corrected chi connectivity index (χ1v) is 10.7. The van der Waals surface area contributed by atoms with Crippen molar-refractivity contribution in [1.82, 2.24) is 19.4 Å². The third-order valence-corrected chi connectivity index (χ3v) is 6.00. The van der Waals surface area contributed by atoms with Gasteiger partial charge in [-0.2, -0.15) is 0 Å². The number of methoxy groups -OCH3 is 1. The van der Waals surface area contributed by atoms with E-state index in [0.29, 0.717) is 59.2 Å². The van der Waals surface area contributed by atoms with Crippen LogP contribution in [0.4, 0.5) is 0 Å². The molecule has 0 radical (unpaired) electrons. The van der Waals surface area contributed by atoms with Gasteiger partial charge in [0.2, 0.25) is 0 Å². The van der Waals surface area contributed by atoms with Crippen LogP contribution in [0, 0.1) is 6.92 Å². The lowest BCUT2D eigenvalue weighted by Gasteiger charge is -2.35. The Morgan fingerprint density at radius 2 is 1.77 bits per heavy atom. The Bertz CT molecular complexity index is 1150. The van der Waals surface area contributed by atoms with Gasteiger partial charge in [0.05, 0.1) is 12.6 Å². The topological polar surface area (TPSA) is 67.7 Å². The molecule has 1 aliphatic heterocycles. The highest BCUT2D eigenvalue weighted by Gasteiger charge is 2.22. The van der Waals surface area contributed by atoms with Crippen LogP contribution in [0.1, 0.15) is 16.2 Å². The van der Waals surface area contributed by atoms with E-state index in [1.165, 1.54) is 0 Å². The van der Waals surface area contributed by atoms with Gasteiger partial charge in [0.15, 0.2) is 0 Å². The Labute approximate surface area is 185 Å². The molecule has 1 aliphatic rings. The summed E-state index contributed by atoms with van der Waals surface area (Å²) in [5, 5.41) is 1.13. The van der Waals surface area contributed by atoms with Gasteiger partial charge in [-0.1, -0.05) is 17.7 Å². The lowest BCUT2D eigenvalue weighted by molar-refractivity contribution is 0.0632. The molecule has 4 rings (SSSR count). The van der Waals surface area contributed by atoms with Gasteiger partial charge in [0.1, 0.15) is 17.0 Å². The molecule has 7 nitrogen and oxygen atoms in total. The van der Waals surface area contributed by atoms with E-state index in [-0.39, 0.29) is 11.5 Å². The van der Waals surface area contributed by atoms with Crippen LogP contribution in [0.2, 0.25) is 5.02 Å². The molecule has 0 spiro atoms. The zero-order valence-corrected chi connectivity index (χ0v) is 18.4. The number of rotatable bonds is 5. The average Bonchev–Trinajstić information content (AvgIpc) is 2.79. The SMILES string of the molecule is COc1cccc2nc(C)n(CCN3CCN(C(=O)c4ccc(Cl)cc4)CC3)c(=O)c12. The normalized spacial score (nSPS) is 14.7. The predicted octanol–water partition coefficient (Wildman–Crippen LogP) is 2.82. The lowest BCUT2D eigenvalue weighted by Crippen LogP contribution is -2.49. The Kier molecular flexibility index (Phi) is 6.25. The summed E-state index contributed by atoms with van der Waals surface area (Å²) >= 11 is 5.91. The number of carbonyl (C=O) groups is 1. The summed E-state index contributed by atoms with van der Waals surface area (Å²) in [6.07, 6.45) is 0. The second-order valence-corrected chi connectivity index (χ2v) is 8.05. The van der Waals surface area contributed by atoms with Crippen LogP contribution in [0.5, 0.6) is 5.75 Å². The summed E-state index contributed by atoms with van der Waals surface area (Å²) in [5.41, 5.74) is 1.21. The first-order valence-electron chi connectivity index (χ1n) is 10.3. The van der Waals surface area contributed by atoms with E-state index in [2.05, 4.69) is 9.88 Å². The number of halogens is 1. The highest BCUT2D eigenvalue weighted by atomic mass is 35.5. The van der Waals surface area contributed by atoms with E-state index in [1.807, 2.05) is 24.0 Å². The Morgan fingerprint density at radius 1 is 1.06 bits per heavy atom. The maximum Gasteiger partial charge on any atom is 0.265 e. The summed E-state index contributed by atoms with van der Waals surface area (Å²) in [7, 11) is 1.56. The molecule has 31 heavy (non-hydrogen) atoms. The molecule has 0 N–H and O–H groups in total. The maximum atomic E-state index is 13.1. The van der Waals surface area contributed by atoms with Gasteiger partial charge < -0.3 is 9.64 Å². The second-order valence-electron chi connectivity index (χ2n) is 7.61. The molecule has 1 fully saturated rings. The fourth-order valence-corrected chi connectivity index (χ4v) is 4.09. The van der Waals surface area contributed by atoms with Crippen LogP contribution >= 0.6 is 11.6 Å². The van der Waals surface area contributed by atoms with Crippen molar-refractivity contribution in [3.63, 3.8) is 0 Å². The molecule has 162 valence electrons. The highest BCUT2D eigenvalue weighted by Crippen LogP contribution is 2.21. The first kappa shape index (κ1) is 21.3. The number of ether oxygens (including phenoxy) is 1. The summed E-state index contributed by atoms with van der Waals surface area (Å²) in [5.74, 6) is 1.24. The minimum Gasteiger partial charge on any atom is -0.496 e. The summed E-state index contributed by atoms with van der Waals surface area (Å²) in [4.78, 5) is 34.5. The zero-order chi connectivity index (χ0) is 22.0. The summed E-state index contributed by atoms with van der Waals surface area (Å²) in [6.45, 7) is 5.93. The van der Waals surface area contributed by atoms with Crippen molar-refractivity contribution in [2.75, 3.05) is 39.8 Å². The molecule has 2 aromatic carbocycles. The van der Waals surface area contributed by atoms with Crippen molar-refractivity contribution in [1.29, 1.82) is 0 Å². The first-order chi connectivity index (χ1) is 15.0. The molecular formula is C23H25ClN4O3. The van der Waals surface area contributed by atoms with Crippen molar-refractivity contribution in [2.24, 2.45) is 0 Å². The van der Waals surface area contributed by atoms with Crippen LogP contribution in [0.15, 0.2) is 47.3 Å². The molecule has 0 atom stereocenters. The minimum absolute atomic E-state index is 0.0224. The van der Waals surface area contributed by atoms with Crippen LogP contribution < -0.4 is 10.3 Å². The van der Waals surface area contributed by atoms with Crippen molar-refractivity contribution >= 4 is 28.4 Å². The van der Waals surface area contributed by atoms with Crippen molar-refractivity contribution < 1.29 is 9.53 Å². The summed E-state index contributed by atoms with van der Waals surface area (Å²) in [6, 6.07) is 12.4. The lowest BCUT2D eigenvalue weighted by atomic mass is 10.2. The molecule has 0 unspecified atom stereocenters. The smallest absolute Gasteiger partial charge is 0.265 e. The van der Waals surface area contributed by atoms with Gasteiger partial charge in [0.25, 0.3) is 11.5 Å². The minimum atomic E-state index is -0.0866. The largest absolute Gasteiger partial charge is 0.496 e. The number of nitrogens with zero attached hydrogens (tertiary/aromatic N) is 4. The van der Waals surface area contributed by atoms with Gasteiger partial charge in [-0.15, -0.1) is 0 Å². The molecule has 3 aromatic rings. The van der Waals surface area contributed by atoms with E-state index in [0.717, 1.165) is 13.1 Å². The Balaban J connectivity index is 1.41. The molecule has 0 aliphatic carbocycles. The zero-order valence-electron chi connectivity index (χ0n) is 17.7. The van der Waals surface area contributed by atoms with E-state index < -0.39 is 0 Å². The fraction of sp³-hybridized carbons (Fsp3) is 0.348. The van der Waals surface area contributed by atoms with Crippen LogP contribution in [-0.2, 0) is 6.54 Å². The quantitative estimate of drug-likeness (QED) is 0.610. The third kappa shape index (κ3) is 4.43. The maximum absolute atomic E-state index is 13.1. The average molecular weight is 441 g/mol. The molecule has 8 heteroatoms. The fourth-order valence-electron chi connectivity index (χ4n) is 3.97. The molecule has 1 aromatic heterocycles. The number of fused-ring (bicyclic) bond motifs is 1.